The fourth-order valence-corrected chi connectivity index (χ4v) is 2.93. The Morgan fingerprint density at radius 3 is 3.00 bits per heavy atom. The van der Waals surface area contributed by atoms with Gasteiger partial charge in [-0.1, -0.05) is 6.07 Å². The zero-order valence-corrected chi connectivity index (χ0v) is 8.83. The van der Waals surface area contributed by atoms with Crippen LogP contribution in [0.4, 0.5) is 0 Å². The normalized spacial score (nSPS) is 28.1. The Labute approximate surface area is 87.0 Å². The lowest BCUT2D eigenvalue weighted by Crippen LogP contribution is -2.21. The second-order valence-electron chi connectivity index (χ2n) is 3.79. The maximum atomic E-state index is 11.0. The van der Waals surface area contributed by atoms with Gasteiger partial charge in [0, 0.05) is 23.9 Å². The van der Waals surface area contributed by atoms with Crippen LogP contribution in [0.15, 0.2) is 17.5 Å². The minimum absolute atomic E-state index is 0.178. The molecule has 1 aliphatic heterocycles. The molecule has 1 N–H and O–H groups in total. The predicted octanol–water partition coefficient (Wildman–Crippen LogP) is 1.48. The lowest BCUT2D eigenvalue weighted by molar-refractivity contribution is -0.141. The molecule has 0 bridgehead atoms. The van der Waals surface area contributed by atoms with Crippen molar-refractivity contribution in [2.45, 2.75) is 5.92 Å². The van der Waals surface area contributed by atoms with Gasteiger partial charge in [-0.25, -0.2) is 0 Å². The number of likely N-dealkylation sites (tertiary alicyclic amines) is 1. The van der Waals surface area contributed by atoms with E-state index in [-0.39, 0.29) is 11.8 Å². The molecule has 2 rings (SSSR count). The summed E-state index contributed by atoms with van der Waals surface area (Å²) < 4.78 is 0. The second-order valence-corrected chi connectivity index (χ2v) is 4.77. The molecule has 0 aliphatic carbocycles. The zero-order chi connectivity index (χ0) is 10.1. The van der Waals surface area contributed by atoms with Crippen molar-refractivity contribution in [1.29, 1.82) is 0 Å². The molecule has 3 nitrogen and oxygen atoms in total. The van der Waals surface area contributed by atoms with Crippen molar-refractivity contribution in [3.8, 4) is 0 Å². The van der Waals surface area contributed by atoms with E-state index in [0.29, 0.717) is 6.54 Å². The first kappa shape index (κ1) is 9.68. The molecule has 0 radical (unpaired) electrons. The molecule has 1 aliphatic rings. The van der Waals surface area contributed by atoms with Gasteiger partial charge in [-0.2, -0.15) is 0 Å². The Morgan fingerprint density at radius 2 is 2.43 bits per heavy atom. The minimum Gasteiger partial charge on any atom is -0.481 e. The smallest absolute Gasteiger partial charge is 0.308 e. The molecule has 0 unspecified atom stereocenters. The van der Waals surface area contributed by atoms with Crippen LogP contribution in [0.3, 0.4) is 0 Å². The van der Waals surface area contributed by atoms with E-state index >= 15 is 0 Å². The van der Waals surface area contributed by atoms with Gasteiger partial charge in [0.05, 0.1) is 5.92 Å². The first-order valence-corrected chi connectivity index (χ1v) is 5.51. The van der Waals surface area contributed by atoms with E-state index < -0.39 is 5.97 Å². The van der Waals surface area contributed by atoms with E-state index in [0.717, 1.165) is 6.54 Å². The van der Waals surface area contributed by atoms with Crippen molar-refractivity contribution in [1.82, 2.24) is 4.90 Å². The number of hydrogen-bond donors (Lipinski definition) is 1. The standard InChI is InChI=1S/C10H13NO2S/c1-11-5-7(8(6-11)10(12)13)9-3-2-4-14-9/h2-4,7-8H,5-6H2,1H3,(H,12,13)/t7-,8+/m1/s1. The second kappa shape index (κ2) is 3.71. The molecule has 0 aromatic carbocycles. The summed E-state index contributed by atoms with van der Waals surface area (Å²) in [7, 11) is 1.98. The summed E-state index contributed by atoms with van der Waals surface area (Å²) in [5.41, 5.74) is 0. The molecular weight excluding hydrogens is 198 g/mol. The van der Waals surface area contributed by atoms with Gasteiger partial charge in [-0.3, -0.25) is 4.79 Å². The third-order valence-corrected chi connectivity index (χ3v) is 3.73. The van der Waals surface area contributed by atoms with Crippen LogP contribution in [0, 0.1) is 5.92 Å². The maximum absolute atomic E-state index is 11.0. The van der Waals surface area contributed by atoms with Gasteiger partial charge in [0.25, 0.3) is 0 Å². The SMILES string of the molecule is CN1C[C@H](C(=O)O)[C@H](c2cccs2)C1. The monoisotopic (exact) mass is 211 g/mol. The van der Waals surface area contributed by atoms with Gasteiger partial charge in [-0.15, -0.1) is 11.3 Å². The van der Waals surface area contributed by atoms with Crippen molar-refractivity contribution >= 4 is 17.3 Å². The van der Waals surface area contributed by atoms with Crippen LogP contribution in [0.5, 0.6) is 0 Å². The fraction of sp³-hybridized carbons (Fsp3) is 0.500. The number of carboxylic acid groups (broad SMARTS) is 1. The summed E-state index contributed by atoms with van der Waals surface area (Å²) in [5.74, 6) is -0.733. The van der Waals surface area contributed by atoms with Gasteiger partial charge in [0.2, 0.25) is 0 Å². The highest BCUT2D eigenvalue weighted by molar-refractivity contribution is 7.10. The quantitative estimate of drug-likeness (QED) is 0.805. The summed E-state index contributed by atoms with van der Waals surface area (Å²) >= 11 is 1.65. The van der Waals surface area contributed by atoms with E-state index in [1.54, 1.807) is 11.3 Å². The Balaban J connectivity index is 2.21. The van der Waals surface area contributed by atoms with Crippen molar-refractivity contribution < 1.29 is 9.90 Å². The topological polar surface area (TPSA) is 40.5 Å². The van der Waals surface area contributed by atoms with E-state index in [9.17, 15) is 4.79 Å². The molecule has 1 fully saturated rings. The summed E-state index contributed by atoms with van der Waals surface area (Å²) in [6, 6.07) is 4.02. The van der Waals surface area contributed by atoms with Crippen LogP contribution in [0.2, 0.25) is 0 Å². The number of thiophene rings is 1. The van der Waals surface area contributed by atoms with Crippen LogP contribution in [-0.4, -0.2) is 36.1 Å². The highest BCUT2D eigenvalue weighted by Gasteiger charge is 2.37. The van der Waals surface area contributed by atoms with E-state index in [1.807, 2.05) is 24.6 Å². The number of likely N-dealkylation sites (N-methyl/N-ethyl adjacent to an activating group) is 1. The Hall–Kier alpha value is -0.870. The Kier molecular flexibility index (Phi) is 2.56. The van der Waals surface area contributed by atoms with E-state index in [1.165, 1.54) is 4.88 Å². The summed E-state index contributed by atoms with van der Waals surface area (Å²) in [6.07, 6.45) is 0. The van der Waals surface area contributed by atoms with Crippen LogP contribution >= 0.6 is 11.3 Å². The van der Waals surface area contributed by atoms with Crippen LogP contribution in [0.25, 0.3) is 0 Å². The van der Waals surface area contributed by atoms with E-state index in [2.05, 4.69) is 4.90 Å². The molecule has 1 aromatic heterocycles. The van der Waals surface area contributed by atoms with Crippen molar-refractivity contribution in [3.63, 3.8) is 0 Å². The van der Waals surface area contributed by atoms with Crippen molar-refractivity contribution in [3.05, 3.63) is 22.4 Å². The van der Waals surface area contributed by atoms with Gasteiger partial charge in [-0.05, 0) is 18.5 Å². The van der Waals surface area contributed by atoms with Crippen molar-refractivity contribution in [2.24, 2.45) is 5.92 Å². The Morgan fingerprint density at radius 1 is 1.64 bits per heavy atom. The first-order valence-electron chi connectivity index (χ1n) is 4.63. The number of carboxylic acids is 1. The highest BCUT2D eigenvalue weighted by Crippen LogP contribution is 2.34. The number of rotatable bonds is 2. The molecule has 2 atom stereocenters. The van der Waals surface area contributed by atoms with Crippen molar-refractivity contribution in [2.75, 3.05) is 20.1 Å². The Bertz CT molecular complexity index is 323. The molecule has 0 amide bonds. The molecule has 76 valence electrons. The van der Waals surface area contributed by atoms with Gasteiger partial charge >= 0.3 is 5.97 Å². The van der Waals surface area contributed by atoms with Gasteiger partial charge < -0.3 is 10.0 Å². The number of nitrogens with zero attached hydrogens (tertiary/aromatic N) is 1. The summed E-state index contributed by atoms with van der Waals surface area (Å²) in [6.45, 7) is 1.52. The van der Waals surface area contributed by atoms with Gasteiger partial charge in [0.1, 0.15) is 0 Å². The number of hydrogen-bond acceptors (Lipinski definition) is 3. The number of aliphatic carboxylic acids is 1. The predicted molar refractivity (Wildman–Crippen MR) is 55.7 cm³/mol. The average Bonchev–Trinajstić information content (AvgIpc) is 2.70. The molecular formula is C10H13NO2S. The third-order valence-electron chi connectivity index (χ3n) is 2.73. The maximum Gasteiger partial charge on any atom is 0.308 e. The molecule has 4 heteroatoms. The fourth-order valence-electron chi connectivity index (χ4n) is 2.04. The van der Waals surface area contributed by atoms with E-state index in [4.69, 9.17) is 5.11 Å². The third kappa shape index (κ3) is 1.67. The minimum atomic E-state index is -0.673. The van der Waals surface area contributed by atoms with Crippen LogP contribution < -0.4 is 0 Å². The molecule has 14 heavy (non-hydrogen) atoms. The van der Waals surface area contributed by atoms with Crippen LogP contribution in [-0.2, 0) is 4.79 Å². The summed E-state index contributed by atoms with van der Waals surface area (Å²) in [4.78, 5) is 14.3. The molecule has 0 spiro atoms. The van der Waals surface area contributed by atoms with Crippen LogP contribution in [0.1, 0.15) is 10.8 Å². The largest absolute Gasteiger partial charge is 0.481 e. The summed E-state index contributed by atoms with van der Waals surface area (Å²) in [5, 5.41) is 11.1. The number of carbonyl (C=O) groups is 1. The highest BCUT2D eigenvalue weighted by atomic mass is 32.1. The lowest BCUT2D eigenvalue weighted by atomic mass is 9.95. The zero-order valence-electron chi connectivity index (χ0n) is 8.01. The lowest BCUT2D eigenvalue weighted by Gasteiger charge is -2.11. The molecule has 0 saturated carbocycles. The molecule has 1 aromatic rings. The molecule has 2 heterocycles. The molecule has 1 saturated heterocycles. The first-order chi connectivity index (χ1) is 6.68. The average molecular weight is 211 g/mol. The van der Waals surface area contributed by atoms with Gasteiger partial charge in [0.15, 0.2) is 0 Å².